The molecule has 88 valence electrons. The van der Waals surface area contributed by atoms with E-state index in [0.29, 0.717) is 0 Å². The average molecular weight is 229 g/mol. The molecule has 0 fully saturated rings. The topological polar surface area (TPSA) is 64.0 Å². The van der Waals surface area contributed by atoms with Crippen molar-refractivity contribution >= 4 is 10.9 Å². The summed E-state index contributed by atoms with van der Waals surface area (Å²) < 4.78 is 7.48. The van der Waals surface area contributed by atoms with Crippen molar-refractivity contribution in [1.82, 2.24) is 4.57 Å². The van der Waals surface area contributed by atoms with Gasteiger partial charge in [-0.2, -0.15) is 5.26 Å². The number of nitriles is 1. The maximum Gasteiger partial charge on any atom is 0.174 e. The van der Waals surface area contributed by atoms with Crippen LogP contribution in [-0.2, 0) is 6.54 Å². The second-order valence-corrected chi connectivity index (χ2v) is 4.08. The van der Waals surface area contributed by atoms with Crippen LogP contribution in [0.15, 0.2) is 30.5 Å². The van der Waals surface area contributed by atoms with Crippen molar-refractivity contribution in [2.24, 2.45) is 5.73 Å². The lowest BCUT2D eigenvalue weighted by Crippen LogP contribution is -2.21. The Balaban J connectivity index is 2.39. The van der Waals surface area contributed by atoms with Crippen molar-refractivity contribution in [2.45, 2.75) is 19.5 Å². The molecule has 2 aromatic rings. The van der Waals surface area contributed by atoms with Crippen molar-refractivity contribution in [3.8, 4) is 11.8 Å². The highest BCUT2D eigenvalue weighted by molar-refractivity contribution is 5.86. The highest BCUT2D eigenvalue weighted by atomic mass is 16.5. The molecular weight excluding hydrogens is 214 g/mol. The first-order valence-corrected chi connectivity index (χ1v) is 5.55. The van der Waals surface area contributed by atoms with Gasteiger partial charge in [0, 0.05) is 24.2 Å². The molecule has 1 aromatic heterocycles. The number of nitrogens with zero attached hydrogens (tertiary/aromatic N) is 2. The van der Waals surface area contributed by atoms with E-state index < -0.39 is 0 Å². The number of rotatable bonds is 4. The normalized spacial score (nSPS) is 12.3. The molecule has 0 amide bonds. The van der Waals surface area contributed by atoms with E-state index in [0.717, 1.165) is 23.2 Å². The van der Waals surface area contributed by atoms with E-state index in [1.54, 1.807) is 0 Å². The zero-order valence-corrected chi connectivity index (χ0v) is 9.76. The Morgan fingerprint density at radius 2 is 2.29 bits per heavy atom. The van der Waals surface area contributed by atoms with E-state index >= 15 is 0 Å². The maximum absolute atomic E-state index is 8.53. The number of aromatic nitrogens is 1. The number of nitrogens with two attached hydrogens (primary N) is 1. The number of hydrogen-bond donors (Lipinski definition) is 1. The van der Waals surface area contributed by atoms with Crippen LogP contribution < -0.4 is 10.5 Å². The number of benzene rings is 1. The monoisotopic (exact) mass is 229 g/mol. The van der Waals surface area contributed by atoms with E-state index in [1.807, 2.05) is 43.5 Å². The van der Waals surface area contributed by atoms with Crippen LogP contribution in [0.25, 0.3) is 10.9 Å². The molecule has 0 saturated carbocycles. The standard InChI is InChI=1S/C13H15N3O/c1-10(15)9-16-7-5-11-12(16)3-2-4-13(11)17-8-6-14/h2-5,7,10H,8-9,15H2,1H3. The van der Waals surface area contributed by atoms with Gasteiger partial charge in [0.1, 0.15) is 11.8 Å². The van der Waals surface area contributed by atoms with Crippen LogP contribution in [-0.4, -0.2) is 17.2 Å². The molecule has 1 aromatic carbocycles. The second kappa shape index (κ2) is 4.89. The first-order valence-electron chi connectivity index (χ1n) is 5.55. The van der Waals surface area contributed by atoms with Gasteiger partial charge < -0.3 is 15.0 Å². The van der Waals surface area contributed by atoms with E-state index in [2.05, 4.69) is 4.57 Å². The van der Waals surface area contributed by atoms with E-state index in [1.165, 1.54) is 0 Å². The Bertz CT molecular complexity index is 551. The van der Waals surface area contributed by atoms with Gasteiger partial charge in [-0.15, -0.1) is 0 Å². The fourth-order valence-corrected chi connectivity index (χ4v) is 1.90. The predicted octanol–water partition coefficient (Wildman–Crippen LogP) is 1.89. The smallest absolute Gasteiger partial charge is 0.174 e. The van der Waals surface area contributed by atoms with Gasteiger partial charge in [-0.05, 0) is 25.1 Å². The van der Waals surface area contributed by atoms with Crippen molar-refractivity contribution in [3.05, 3.63) is 30.5 Å². The summed E-state index contributed by atoms with van der Waals surface area (Å²) in [7, 11) is 0. The molecule has 2 N–H and O–H groups in total. The zero-order valence-electron chi connectivity index (χ0n) is 9.76. The molecule has 4 nitrogen and oxygen atoms in total. The molecule has 2 rings (SSSR count). The van der Waals surface area contributed by atoms with Crippen molar-refractivity contribution in [1.29, 1.82) is 5.26 Å². The first kappa shape index (κ1) is 11.5. The maximum atomic E-state index is 8.53. The molecule has 0 bridgehead atoms. The number of ether oxygens (including phenoxy) is 1. The van der Waals surface area contributed by atoms with Crippen LogP contribution in [0, 0.1) is 11.3 Å². The molecule has 0 aliphatic rings. The predicted molar refractivity (Wildman–Crippen MR) is 66.7 cm³/mol. The lowest BCUT2D eigenvalue weighted by molar-refractivity contribution is 0.372. The van der Waals surface area contributed by atoms with Crippen molar-refractivity contribution < 1.29 is 4.74 Å². The van der Waals surface area contributed by atoms with Crippen LogP contribution in [0.2, 0.25) is 0 Å². The van der Waals surface area contributed by atoms with Gasteiger partial charge in [0.15, 0.2) is 6.61 Å². The van der Waals surface area contributed by atoms with E-state index in [4.69, 9.17) is 15.7 Å². The molecule has 4 heteroatoms. The summed E-state index contributed by atoms with van der Waals surface area (Å²) in [4.78, 5) is 0. The van der Waals surface area contributed by atoms with E-state index in [-0.39, 0.29) is 12.6 Å². The van der Waals surface area contributed by atoms with Gasteiger partial charge in [0.2, 0.25) is 0 Å². The molecule has 0 saturated heterocycles. The summed E-state index contributed by atoms with van der Waals surface area (Å²) in [5.41, 5.74) is 6.88. The molecule has 0 radical (unpaired) electrons. The minimum Gasteiger partial charge on any atom is -0.478 e. The van der Waals surface area contributed by atoms with Gasteiger partial charge >= 0.3 is 0 Å². The average Bonchev–Trinajstić information content (AvgIpc) is 2.70. The summed E-state index contributed by atoms with van der Waals surface area (Å²) in [6.45, 7) is 2.81. The first-order chi connectivity index (χ1) is 8.22. The SMILES string of the molecule is CC(N)Cn1ccc2c(OCC#N)cccc21. The quantitative estimate of drug-likeness (QED) is 0.870. The zero-order chi connectivity index (χ0) is 12.3. The van der Waals surface area contributed by atoms with Gasteiger partial charge in [-0.1, -0.05) is 6.07 Å². The van der Waals surface area contributed by atoms with Crippen LogP contribution in [0.1, 0.15) is 6.92 Å². The number of hydrogen-bond acceptors (Lipinski definition) is 3. The molecular formula is C13H15N3O. The van der Waals surface area contributed by atoms with Crippen LogP contribution in [0.3, 0.4) is 0 Å². The van der Waals surface area contributed by atoms with Crippen molar-refractivity contribution in [3.63, 3.8) is 0 Å². The molecule has 17 heavy (non-hydrogen) atoms. The number of fused-ring (bicyclic) bond motifs is 1. The minimum atomic E-state index is 0.0670. The van der Waals surface area contributed by atoms with Crippen molar-refractivity contribution in [2.75, 3.05) is 6.61 Å². The molecule has 0 spiro atoms. The largest absolute Gasteiger partial charge is 0.478 e. The molecule has 0 aliphatic heterocycles. The highest BCUT2D eigenvalue weighted by Gasteiger charge is 2.07. The summed E-state index contributed by atoms with van der Waals surface area (Å²) >= 11 is 0. The van der Waals surface area contributed by atoms with E-state index in [9.17, 15) is 0 Å². The molecule has 1 atom stereocenters. The summed E-state index contributed by atoms with van der Waals surface area (Å²) in [5.74, 6) is 0.743. The Hall–Kier alpha value is -1.99. The minimum absolute atomic E-state index is 0.0670. The Morgan fingerprint density at radius 3 is 3.00 bits per heavy atom. The second-order valence-electron chi connectivity index (χ2n) is 4.08. The summed E-state index contributed by atoms with van der Waals surface area (Å²) in [6, 6.07) is 9.89. The Morgan fingerprint density at radius 1 is 1.47 bits per heavy atom. The molecule has 0 aliphatic carbocycles. The van der Waals surface area contributed by atoms with Gasteiger partial charge in [-0.3, -0.25) is 0 Å². The third-order valence-corrected chi connectivity index (χ3v) is 2.55. The third-order valence-electron chi connectivity index (χ3n) is 2.55. The summed E-state index contributed by atoms with van der Waals surface area (Å²) in [5, 5.41) is 9.54. The Labute approximate surface area is 100 Å². The van der Waals surface area contributed by atoms with Crippen LogP contribution in [0.5, 0.6) is 5.75 Å². The highest BCUT2D eigenvalue weighted by Crippen LogP contribution is 2.26. The fraction of sp³-hybridized carbons (Fsp3) is 0.308. The van der Waals surface area contributed by atoms with Gasteiger partial charge in [-0.25, -0.2) is 0 Å². The van der Waals surface area contributed by atoms with Gasteiger partial charge in [0.25, 0.3) is 0 Å². The third kappa shape index (κ3) is 2.40. The van der Waals surface area contributed by atoms with Crippen LogP contribution >= 0.6 is 0 Å². The summed E-state index contributed by atoms with van der Waals surface area (Å²) in [6.07, 6.45) is 1.99. The Kier molecular flexibility index (Phi) is 3.31. The van der Waals surface area contributed by atoms with Gasteiger partial charge in [0.05, 0.1) is 5.52 Å². The lowest BCUT2D eigenvalue weighted by atomic mass is 10.2. The molecule has 1 heterocycles. The fourth-order valence-electron chi connectivity index (χ4n) is 1.90. The lowest BCUT2D eigenvalue weighted by Gasteiger charge is -2.09. The molecule has 1 unspecified atom stereocenters. The van der Waals surface area contributed by atoms with Crippen LogP contribution in [0.4, 0.5) is 0 Å².